The van der Waals surface area contributed by atoms with Gasteiger partial charge in [-0.2, -0.15) is 4.52 Å². The van der Waals surface area contributed by atoms with E-state index in [0.717, 1.165) is 35.9 Å². The highest BCUT2D eigenvalue weighted by molar-refractivity contribution is 7.16. The number of hydrogen-bond acceptors (Lipinski definition) is 9. The van der Waals surface area contributed by atoms with Crippen molar-refractivity contribution in [2.45, 2.75) is 32.0 Å². The monoisotopic (exact) mass is 537 g/mol. The van der Waals surface area contributed by atoms with E-state index in [2.05, 4.69) is 4.90 Å². The van der Waals surface area contributed by atoms with Crippen LogP contribution in [0.1, 0.15) is 23.9 Å². The lowest BCUT2D eigenvalue weighted by atomic mass is 10.0. The second-order valence-electron chi connectivity index (χ2n) is 9.77. The van der Waals surface area contributed by atoms with E-state index in [0.29, 0.717) is 40.9 Å². The lowest BCUT2D eigenvalue weighted by Crippen LogP contribution is -2.37. The molecule has 0 aliphatic carbocycles. The van der Waals surface area contributed by atoms with E-state index in [1.54, 1.807) is 24.1 Å². The van der Waals surface area contributed by atoms with Crippen molar-refractivity contribution in [1.29, 1.82) is 0 Å². The largest absolute Gasteiger partial charge is 0.439 e. The maximum Gasteiger partial charge on any atom is 0.410 e. The normalized spacial score (nSPS) is 19.2. The fourth-order valence-corrected chi connectivity index (χ4v) is 6.16. The molecule has 38 heavy (non-hydrogen) atoms. The minimum absolute atomic E-state index is 0.176. The van der Waals surface area contributed by atoms with Crippen molar-refractivity contribution < 1.29 is 19.0 Å². The number of aliphatic hydroxyl groups excluding tert-OH is 1. The molecule has 6 rings (SSSR count). The molecule has 3 aromatic heterocycles. The number of nitrogens with zero attached hydrogens (tertiary/aromatic N) is 7. The first-order valence-electron chi connectivity index (χ1n) is 12.5. The Morgan fingerprint density at radius 3 is 2.66 bits per heavy atom. The van der Waals surface area contributed by atoms with Crippen molar-refractivity contribution in [2.75, 3.05) is 43.5 Å². The van der Waals surface area contributed by atoms with Crippen molar-refractivity contribution in [3.05, 3.63) is 52.8 Å². The molecule has 1 amide bonds. The van der Waals surface area contributed by atoms with Gasteiger partial charge in [0.1, 0.15) is 11.6 Å². The number of aromatic nitrogens is 4. The molecule has 0 bridgehead atoms. The molecule has 1 N–H and O–H groups in total. The van der Waals surface area contributed by atoms with Crippen LogP contribution in [0.3, 0.4) is 0 Å². The number of halogens is 1. The van der Waals surface area contributed by atoms with Crippen molar-refractivity contribution in [2.24, 2.45) is 0 Å². The third kappa shape index (κ3) is 4.04. The van der Waals surface area contributed by atoms with Gasteiger partial charge in [0.2, 0.25) is 0 Å². The van der Waals surface area contributed by atoms with Crippen LogP contribution in [0.25, 0.3) is 16.9 Å². The lowest BCUT2D eigenvalue weighted by molar-refractivity contribution is 0.0741. The predicted molar refractivity (Wildman–Crippen MR) is 143 cm³/mol. The Labute approximate surface area is 222 Å². The molecule has 1 aromatic carbocycles. The average molecular weight is 538 g/mol. The van der Waals surface area contributed by atoms with Crippen LogP contribution >= 0.6 is 11.3 Å². The number of rotatable bonds is 6. The number of fused-ring (bicyclic) bond motifs is 1. The number of carbonyl (C=O) groups is 1. The Morgan fingerprint density at radius 1 is 1.18 bits per heavy atom. The van der Waals surface area contributed by atoms with Gasteiger partial charge in [0.15, 0.2) is 22.2 Å². The highest BCUT2D eigenvalue weighted by Gasteiger charge is 2.48. The summed E-state index contributed by atoms with van der Waals surface area (Å²) in [5, 5.41) is 15.6. The fraction of sp³-hybridized carbons (Fsp3) is 0.385. The number of carbonyl (C=O) groups excluding carboxylic acids is 1. The second-order valence-corrected chi connectivity index (χ2v) is 10.8. The molecular formula is C26H28FN7O3S. The molecule has 1 atom stereocenters. The molecule has 1 unspecified atom stereocenters. The van der Waals surface area contributed by atoms with Crippen LogP contribution in [0.4, 0.5) is 26.0 Å². The zero-order valence-electron chi connectivity index (χ0n) is 21.4. The minimum Gasteiger partial charge on any atom is -0.439 e. The number of imidazole rings is 1. The molecule has 1 spiro atoms. The van der Waals surface area contributed by atoms with E-state index in [-0.39, 0.29) is 18.5 Å². The maximum atomic E-state index is 13.5. The summed E-state index contributed by atoms with van der Waals surface area (Å²) in [5.74, 6) is 1.24. The van der Waals surface area contributed by atoms with Crippen LogP contribution in [-0.2, 0) is 17.8 Å². The number of anilines is 3. The first kappa shape index (κ1) is 24.6. The van der Waals surface area contributed by atoms with Gasteiger partial charge in [0, 0.05) is 32.6 Å². The summed E-state index contributed by atoms with van der Waals surface area (Å²) < 4.78 is 21.0. The van der Waals surface area contributed by atoms with Crippen LogP contribution in [0.15, 0.2) is 36.4 Å². The number of thiazole rings is 1. The summed E-state index contributed by atoms with van der Waals surface area (Å²) in [5.41, 5.74) is 2.43. The van der Waals surface area contributed by atoms with Crippen LogP contribution in [-0.4, -0.2) is 75.0 Å². The minimum atomic E-state index is -0.510. The van der Waals surface area contributed by atoms with Gasteiger partial charge in [-0.05, 0) is 42.8 Å². The number of amides is 1. The quantitative estimate of drug-likeness (QED) is 0.396. The average Bonchev–Trinajstić information content (AvgIpc) is 3.68. The predicted octanol–water partition coefficient (Wildman–Crippen LogP) is 3.85. The second kappa shape index (κ2) is 9.21. The zero-order valence-corrected chi connectivity index (χ0v) is 22.2. The number of hydrogen-bond donors (Lipinski definition) is 1. The molecule has 2 saturated heterocycles. The summed E-state index contributed by atoms with van der Waals surface area (Å²) in [4.78, 5) is 28.0. The number of aliphatic hydroxyl groups is 1. The number of aryl methyl sites for hydroxylation is 1. The molecule has 12 heteroatoms. The van der Waals surface area contributed by atoms with Gasteiger partial charge in [-0.25, -0.2) is 19.2 Å². The van der Waals surface area contributed by atoms with Crippen molar-refractivity contribution in [1.82, 2.24) is 24.5 Å². The van der Waals surface area contributed by atoms with E-state index in [9.17, 15) is 14.3 Å². The topological polar surface area (TPSA) is 99.3 Å². The van der Waals surface area contributed by atoms with Crippen LogP contribution in [0.5, 0.6) is 0 Å². The zero-order chi connectivity index (χ0) is 26.6. The summed E-state index contributed by atoms with van der Waals surface area (Å²) >= 11 is 1.37. The maximum absolute atomic E-state index is 13.5. The standard InChI is InChI=1S/C26H28FN7O3S/c1-4-18-23(32(3)24-29-22(19(13-35)38-24)16-5-7-17(27)8-6-16)34-20(28-18)9-10-21(30-34)33-12-11-26(15-33)14-31(2)25(36)37-26/h5-10,35H,4,11-15H2,1-3H3. The van der Waals surface area contributed by atoms with Gasteiger partial charge in [0.25, 0.3) is 0 Å². The molecule has 2 aliphatic heterocycles. The molecule has 0 saturated carbocycles. The Balaban J connectivity index is 1.36. The SMILES string of the molecule is CCc1nc2ccc(N3CCC4(CN(C)C(=O)O4)C3)nn2c1N(C)c1nc(-c2ccc(F)cc2)c(CO)s1. The van der Waals surface area contributed by atoms with Crippen molar-refractivity contribution in [3.63, 3.8) is 0 Å². The summed E-state index contributed by atoms with van der Waals surface area (Å²) in [6.45, 7) is 3.74. The first-order valence-corrected chi connectivity index (χ1v) is 13.3. The van der Waals surface area contributed by atoms with Crippen LogP contribution < -0.4 is 9.80 Å². The van der Waals surface area contributed by atoms with E-state index in [4.69, 9.17) is 19.8 Å². The summed E-state index contributed by atoms with van der Waals surface area (Å²) in [7, 11) is 3.66. The van der Waals surface area contributed by atoms with Crippen molar-refractivity contribution in [3.8, 4) is 11.3 Å². The van der Waals surface area contributed by atoms with Gasteiger partial charge in [0.05, 0.1) is 36.0 Å². The molecule has 0 radical (unpaired) electrons. The van der Waals surface area contributed by atoms with Crippen LogP contribution in [0.2, 0.25) is 0 Å². The third-order valence-electron chi connectivity index (χ3n) is 7.18. The fourth-order valence-electron chi connectivity index (χ4n) is 5.26. The number of ether oxygens (including phenoxy) is 1. The number of benzene rings is 1. The van der Waals surface area contributed by atoms with Gasteiger partial charge in [-0.3, -0.25) is 0 Å². The van der Waals surface area contributed by atoms with E-state index >= 15 is 0 Å². The number of likely N-dealkylation sites (N-methyl/N-ethyl adjacent to an activating group) is 1. The molecule has 10 nitrogen and oxygen atoms in total. The summed E-state index contributed by atoms with van der Waals surface area (Å²) in [6.07, 6.45) is 1.15. The van der Waals surface area contributed by atoms with Crippen LogP contribution in [0, 0.1) is 5.82 Å². The highest BCUT2D eigenvalue weighted by atomic mass is 32.1. The lowest BCUT2D eigenvalue weighted by Gasteiger charge is -2.22. The molecule has 4 aromatic rings. The Hall–Kier alpha value is -3.77. The van der Waals surface area contributed by atoms with Crippen molar-refractivity contribution >= 4 is 39.8 Å². The van der Waals surface area contributed by atoms with Gasteiger partial charge in [-0.1, -0.05) is 18.3 Å². The molecular weight excluding hydrogens is 509 g/mol. The molecule has 2 aliphatic rings. The Morgan fingerprint density at radius 2 is 1.97 bits per heavy atom. The van der Waals surface area contributed by atoms with Gasteiger partial charge < -0.3 is 24.5 Å². The van der Waals surface area contributed by atoms with Gasteiger partial charge in [-0.15, -0.1) is 5.10 Å². The smallest absolute Gasteiger partial charge is 0.410 e. The van der Waals surface area contributed by atoms with E-state index < -0.39 is 5.60 Å². The molecule has 2 fully saturated rings. The Bertz CT molecular complexity index is 1520. The summed E-state index contributed by atoms with van der Waals surface area (Å²) in [6, 6.07) is 9.99. The Kier molecular flexibility index (Phi) is 5.95. The first-order chi connectivity index (χ1) is 18.3. The van der Waals surface area contributed by atoms with E-state index in [1.165, 1.54) is 23.5 Å². The molecule has 5 heterocycles. The van der Waals surface area contributed by atoms with E-state index in [1.807, 2.05) is 35.5 Å². The highest BCUT2D eigenvalue weighted by Crippen LogP contribution is 2.38. The third-order valence-corrected chi connectivity index (χ3v) is 8.29. The molecule has 198 valence electrons. The van der Waals surface area contributed by atoms with Gasteiger partial charge >= 0.3 is 6.09 Å².